The van der Waals surface area contributed by atoms with Crippen molar-refractivity contribution in [3.8, 4) is 11.3 Å². The van der Waals surface area contributed by atoms with Gasteiger partial charge in [0.2, 0.25) is 0 Å². The third-order valence-electron chi connectivity index (χ3n) is 1.44. The van der Waals surface area contributed by atoms with Crippen molar-refractivity contribution in [3.63, 3.8) is 0 Å². The smallest absolute Gasteiger partial charge is 0.134 e. The maximum Gasteiger partial charge on any atom is 0.134 e. The molecular formula is C8H6N3O. The molecule has 0 aromatic carbocycles. The summed E-state index contributed by atoms with van der Waals surface area (Å²) < 4.78 is 4.90. The number of nitrogens with zero attached hydrogens (tertiary/aromatic N) is 3. The summed E-state index contributed by atoms with van der Waals surface area (Å²) in [7, 11) is 0. The average Bonchev–Trinajstić information content (AvgIpc) is 2.54. The summed E-state index contributed by atoms with van der Waals surface area (Å²) in [5, 5.41) is 11.0. The molecule has 0 aliphatic carbocycles. The van der Waals surface area contributed by atoms with E-state index in [1.54, 1.807) is 12.3 Å². The molecule has 2 aromatic rings. The van der Waals surface area contributed by atoms with Gasteiger partial charge in [0.25, 0.3) is 0 Å². The van der Waals surface area contributed by atoms with Crippen LogP contribution in [0.5, 0.6) is 0 Å². The summed E-state index contributed by atoms with van der Waals surface area (Å²) in [5.41, 5.74) is 1.53. The average molecular weight is 160 g/mol. The lowest BCUT2D eigenvalue weighted by molar-refractivity contribution is 0.399. The van der Waals surface area contributed by atoms with Gasteiger partial charge in [0.05, 0.1) is 6.20 Å². The van der Waals surface area contributed by atoms with E-state index in [0.717, 1.165) is 17.0 Å². The number of aromatic nitrogens is 3. The minimum Gasteiger partial charge on any atom is -0.361 e. The van der Waals surface area contributed by atoms with Crippen molar-refractivity contribution in [3.05, 3.63) is 30.3 Å². The Bertz CT molecular complexity index is 369. The lowest BCUT2D eigenvalue weighted by Crippen LogP contribution is -1.81. The molecule has 0 aliphatic rings. The Labute approximate surface area is 69.2 Å². The van der Waals surface area contributed by atoms with Crippen LogP contribution in [0.3, 0.4) is 0 Å². The summed E-state index contributed by atoms with van der Waals surface area (Å²) in [6.07, 6.45) is 4.31. The molecule has 4 nitrogen and oxygen atoms in total. The van der Waals surface area contributed by atoms with Gasteiger partial charge in [-0.25, -0.2) is 0 Å². The van der Waals surface area contributed by atoms with E-state index >= 15 is 0 Å². The summed E-state index contributed by atoms with van der Waals surface area (Å²) >= 11 is 0. The lowest BCUT2D eigenvalue weighted by atomic mass is 10.2. The van der Waals surface area contributed by atoms with Crippen LogP contribution in [0.15, 0.2) is 22.9 Å². The second kappa shape index (κ2) is 2.73. The highest BCUT2D eigenvalue weighted by Gasteiger charge is 2.02. The molecule has 0 bridgehead atoms. The zero-order chi connectivity index (χ0) is 8.39. The lowest BCUT2D eigenvalue weighted by Gasteiger charge is -1.88. The highest BCUT2D eigenvalue weighted by molar-refractivity contribution is 5.55. The van der Waals surface area contributed by atoms with E-state index in [4.69, 9.17) is 4.52 Å². The van der Waals surface area contributed by atoms with E-state index in [1.807, 2.05) is 13.0 Å². The van der Waals surface area contributed by atoms with E-state index in [0.29, 0.717) is 0 Å². The molecule has 2 heterocycles. The highest BCUT2D eigenvalue weighted by atomic mass is 16.5. The Kier molecular flexibility index (Phi) is 1.59. The fourth-order valence-electron chi connectivity index (χ4n) is 0.897. The molecule has 0 saturated carbocycles. The highest BCUT2D eigenvalue weighted by Crippen LogP contribution is 2.15. The summed E-state index contributed by atoms with van der Waals surface area (Å²) in [4.78, 5) is 0. The monoisotopic (exact) mass is 160 g/mol. The maximum atomic E-state index is 4.90. The standard InChI is InChI=1S/C8H6N3O/c1-6-4-8(11-12-6)7-2-3-9-10-5-7/h2-4H,1H3. The van der Waals surface area contributed by atoms with Crippen LogP contribution in [-0.4, -0.2) is 15.4 Å². The van der Waals surface area contributed by atoms with Crippen molar-refractivity contribution in [1.82, 2.24) is 15.4 Å². The Morgan fingerprint density at radius 2 is 2.42 bits per heavy atom. The molecule has 0 spiro atoms. The first kappa shape index (κ1) is 6.97. The van der Waals surface area contributed by atoms with Gasteiger partial charge < -0.3 is 4.52 Å². The van der Waals surface area contributed by atoms with E-state index < -0.39 is 0 Å². The molecule has 59 valence electrons. The Morgan fingerprint density at radius 1 is 1.50 bits per heavy atom. The first-order valence-electron chi connectivity index (χ1n) is 3.49. The Balaban J connectivity index is 2.45. The van der Waals surface area contributed by atoms with Crippen molar-refractivity contribution in [2.45, 2.75) is 6.92 Å². The van der Waals surface area contributed by atoms with Crippen LogP contribution >= 0.6 is 0 Å². The van der Waals surface area contributed by atoms with Gasteiger partial charge in [0.15, 0.2) is 0 Å². The third kappa shape index (κ3) is 1.18. The molecule has 12 heavy (non-hydrogen) atoms. The minimum atomic E-state index is 0.738. The SMILES string of the molecule is Cc1cc(-c2[c]nncc2)no1. The molecule has 2 aromatic heterocycles. The molecule has 0 saturated heterocycles. The van der Waals surface area contributed by atoms with Gasteiger partial charge in [0, 0.05) is 11.6 Å². The predicted molar refractivity (Wildman–Crippen MR) is 41.1 cm³/mol. The fourth-order valence-corrected chi connectivity index (χ4v) is 0.897. The molecule has 0 N–H and O–H groups in total. The van der Waals surface area contributed by atoms with Crippen molar-refractivity contribution in [2.24, 2.45) is 0 Å². The van der Waals surface area contributed by atoms with Crippen molar-refractivity contribution < 1.29 is 4.52 Å². The van der Waals surface area contributed by atoms with E-state index in [-0.39, 0.29) is 0 Å². The topological polar surface area (TPSA) is 51.8 Å². The van der Waals surface area contributed by atoms with Gasteiger partial charge >= 0.3 is 0 Å². The van der Waals surface area contributed by atoms with E-state index in [2.05, 4.69) is 21.6 Å². The minimum absolute atomic E-state index is 0.738. The molecular weight excluding hydrogens is 154 g/mol. The van der Waals surface area contributed by atoms with Gasteiger partial charge in [-0.05, 0) is 13.0 Å². The largest absolute Gasteiger partial charge is 0.361 e. The molecule has 1 radical (unpaired) electrons. The van der Waals surface area contributed by atoms with Crippen LogP contribution in [0, 0.1) is 13.1 Å². The maximum absolute atomic E-state index is 4.90. The molecule has 4 heteroatoms. The van der Waals surface area contributed by atoms with Crippen LogP contribution in [0.2, 0.25) is 0 Å². The molecule has 0 aliphatic heterocycles. The number of hydrogen-bond acceptors (Lipinski definition) is 4. The fraction of sp³-hybridized carbons (Fsp3) is 0.125. The Morgan fingerprint density at radius 3 is 3.00 bits per heavy atom. The number of aryl methyl sites for hydroxylation is 1. The second-order valence-electron chi connectivity index (χ2n) is 2.38. The van der Waals surface area contributed by atoms with Crippen LogP contribution < -0.4 is 0 Å². The molecule has 0 fully saturated rings. The summed E-state index contributed by atoms with van der Waals surface area (Å²) in [6, 6.07) is 3.61. The van der Waals surface area contributed by atoms with Gasteiger partial charge in [-0.15, -0.1) is 5.10 Å². The zero-order valence-corrected chi connectivity index (χ0v) is 6.48. The predicted octanol–water partition coefficient (Wildman–Crippen LogP) is 1.24. The van der Waals surface area contributed by atoms with Crippen molar-refractivity contribution in [1.29, 1.82) is 0 Å². The molecule has 0 amide bonds. The van der Waals surface area contributed by atoms with Crippen LogP contribution in [-0.2, 0) is 0 Å². The van der Waals surface area contributed by atoms with Crippen molar-refractivity contribution in [2.75, 3.05) is 0 Å². The normalized spacial score (nSPS) is 10.1. The van der Waals surface area contributed by atoms with E-state index in [9.17, 15) is 0 Å². The number of rotatable bonds is 1. The van der Waals surface area contributed by atoms with Gasteiger partial charge in [-0.1, -0.05) is 5.16 Å². The van der Waals surface area contributed by atoms with Crippen LogP contribution in [0.25, 0.3) is 11.3 Å². The Hall–Kier alpha value is -1.71. The van der Waals surface area contributed by atoms with Crippen LogP contribution in [0.1, 0.15) is 5.76 Å². The van der Waals surface area contributed by atoms with Crippen LogP contribution in [0.4, 0.5) is 0 Å². The van der Waals surface area contributed by atoms with Gasteiger partial charge in [-0.2, -0.15) is 5.10 Å². The van der Waals surface area contributed by atoms with Gasteiger partial charge in [-0.3, -0.25) is 0 Å². The molecule has 2 rings (SSSR count). The summed E-state index contributed by atoms with van der Waals surface area (Å²) in [5.74, 6) is 0.773. The van der Waals surface area contributed by atoms with E-state index in [1.165, 1.54) is 0 Å². The second-order valence-corrected chi connectivity index (χ2v) is 2.38. The quantitative estimate of drug-likeness (QED) is 0.629. The molecule has 0 atom stereocenters. The number of hydrogen-bond donors (Lipinski definition) is 0. The van der Waals surface area contributed by atoms with Gasteiger partial charge in [0.1, 0.15) is 17.7 Å². The first-order valence-corrected chi connectivity index (χ1v) is 3.49. The third-order valence-corrected chi connectivity index (χ3v) is 1.44. The first-order chi connectivity index (χ1) is 5.86. The summed E-state index contributed by atoms with van der Waals surface area (Å²) in [6.45, 7) is 1.84. The van der Waals surface area contributed by atoms with Crippen molar-refractivity contribution >= 4 is 0 Å². The zero-order valence-electron chi connectivity index (χ0n) is 6.48. The molecule has 0 unspecified atom stereocenters.